The van der Waals surface area contributed by atoms with Gasteiger partial charge in [-0.2, -0.15) is 5.10 Å². The van der Waals surface area contributed by atoms with Crippen molar-refractivity contribution in [1.29, 1.82) is 0 Å². The average Bonchev–Trinajstić information content (AvgIpc) is 3.57. The lowest BCUT2D eigenvalue weighted by atomic mass is 10.1. The third kappa shape index (κ3) is 4.20. The van der Waals surface area contributed by atoms with Crippen molar-refractivity contribution in [2.75, 3.05) is 26.7 Å². The third-order valence-corrected chi connectivity index (χ3v) is 6.91. The molecule has 10 heteroatoms. The minimum atomic E-state index is 0.0144. The SMILES string of the molecule is COc1cc(CN2C=C3CN(C(=O)Cn4nc(-c5ncco5)c(Cl)c4C)CC3C2)ccc1Cl. The Kier molecular flexibility index (Phi) is 5.80. The fourth-order valence-corrected chi connectivity index (χ4v) is 4.82. The fraction of sp³-hybridized carbons (Fsp3) is 0.348. The molecule has 1 atom stereocenters. The molecule has 4 heterocycles. The van der Waals surface area contributed by atoms with Crippen molar-refractivity contribution in [3.05, 3.63) is 63.7 Å². The highest BCUT2D eigenvalue weighted by atomic mass is 35.5. The van der Waals surface area contributed by atoms with Crippen molar-refractivity contribution < 1.29 is 13.9 Å². The van der Waals surface area contributed by atoms with Crippen molar-refractivity contribution in [3.63, 3.8) is 0 Å². The number of hydrogen-bond donors (Lipinski definition) is 0. The van der Waals surface area contributed by atoms with Crippen LogP contribution in [0.5, 0.6) is 5.75 Å². The first kappa shape index (κ1) is 21.9. The van der Waals surface area contributed by atoms with Gasteiger partial charge in [-0.25, -0.2) is 4.98 Å². The van der Waals surface area contributed by atoms with Gasteiger partial charge in [-0.05, 0) is 30.2 Å². The van der Waals surface area contributed by atoms with Gasteiger partial charge in [0, 0.05) is 38.3 Å². The van der Waals surface area contributed by atoms with Gasteiger partial charge in [0.05, 0.1) is 29.0 Å². The Labute approximate surface area is 201 Å². The second-order valence-electron chi connectivity index (χ2n) is 8.32. The maximum Gasteiger partial charge on any atom is 0.248 e. The Bertz CT molecular complexity index is 1220. The lowest BCUT2D eigenvalue weighted by Crippen LogP contribution is -2.34. The van der Waals surface area contributed by atoms with Gasteiger partial charge in [-0.1, -0.05) is 29.3 Å². The number of nitrogens with zero attached hydrogens (tertiary/aromatic N) is 5. The van der Waals surface area contributed by atoms with E-state index < -0.39 is 0 Å². The highest BCUT2D eigenvalue weighted by Crippen LogP contribution is 2.33. The van der Waals surface area contributed by atoms with Crippen LogP contribution in [0, 0.1) is 12.8 Å². The first-order chi connectivity index (χ1) is 15.9. The first-order valence-electron chi connectivity index (χ1n) is 10.6. The molecule has 33 heavy (non-hydrogen) atoms. The molecule has 172 valence electrons. The Morgan fingerprint density at radius 1 is 1.30 bits per heavy atom. The van der Waals surface area contributed by atoms with E-state index in [9.17, 15) is 4.79 Å². The number of carbonyl (C=O) groups is 1. The molecule has 0 N–H and O–H groups in total. The first-order valence-corrected chi connectivity index (χ1v) is 11.4. The largest absolute Gasteiger partial charge is 0.495 e. The maximum absolute atomic E-state index is 13.0. The highest BCUT2D eigenvalue weighted by molar-refractivity contribution is 6.33. The number of rotatable bonds is 6. The van der Waals surface area contributed by atoms with E-state index in [0.29, 0.717) is 52.1 Å². The summed E-state index contributed by atoms with van der Waals surface area (Å²) in [5, 5.41) is 5.50. The summed E-state index contributed by atoms with van der Waals surface area (Å²) in [4.78, 5) is 21.3. The number of carbonyl (C=O) groups excluding carboxylic acids is 1. The number of methoxy groups -OCH3 is 1. The zero-order valence-corrected chi connectivity index (χ0v) is 19.8. The number of likely N-dealkylation sites (tertiary alicyclic amines) is 1. The van der Waals surface area contributed by atoms with E-state index in [4.69, 9.17) is 32.4 Å². The molecule has 1 saturated heterocycles. The smallest absolute Gasteiger partial charge is 0.248 e. The van der Waals surface area contributed by atoms with Crippen molar-refractivity contribution in [2.24, 2.45) is 5.92 Å². The summed E-state index contributed by atoms with van der Waals surface area (Å²) >= 11 is 12.5. The van der Waals surface area contributed by atoms with E-state index in [2.05, 4.69) is 21.2 Å². The lowest BCUT2D eigenvalue weighted by molar-refractivity contribution is -0.131. The highest BCUT2D eigenvalue weighted by Gasteiger charge is 2.35. The molecule has 5 rings (SSSR count). The standard InChI is InChI=1S/C23H23Cl2N5O3/c1-14-21(25)22(23-26-5-6-33-23)27-30(14)13-20(31)29-11-16-9-28(10-17(16)12-29)8-15-3-4-18(24)19(7-15)32-2/h3-7,9,17H,8,10-13H2,1-2H3. The Balaban J connectivity index is 1.22. The predicted molar refractivity (Wildman–Crippen MR) is 124 cm³/mol. The number of ether oxygens (including phenoxy) is 1. The molecule has 0 aliphatic carbocycles. The van der Waals surface area contributed by atoms with Crippen molar-refractivity contribution in [2.45, 2.75) is 20.0 Å². The van der Waals surface area contributed by atoms with Gasteiger partial charge in [-0.15, -0.1) is 0 Å². The molecule has 2 aliphatic rings. The molecule has 2 aliphatic heterocycles. The van der Waals surface area contributed by atoms with Gasteiger partial charge in [0.1, 0.15) is 18.6 Å². The number of fused-ring (bicyclic) bond motifs is 1. The summed E-state index contributed by atoms with van der Waals surface area (Å²) < 4.78 is 12.2. The van der Waals surface area contributed by atoms with E-state index in [1.165, 1.54) is 18.0 Å². The van der Waals surface area contributed by atoms with Gasteiger partial charge >= 0.3 is 0 Å². The zero-order chi connectivity index (χ0) is 23.1. The van der Waals surface area contributed by atoms with Gasteiger partial charge in [0.25, 0.3) is 0 Å². The summed E-state index contributed by atoms with van der Waals surface area (Å²) in [5.74, 6) is 1.38. The fourth-order valence-electron chi connectivity index (χ4n) is 4.41. The van der Waals surface area contributed by atoms with Crippen LogP contribution in [0.4, 0.5) is 0 Å². The lowest BCUT2D eigenvalue weighted by Gasteiger charge is -2.21. The summed E-state index contributed by atoms with van der Waals surface area (Å²) in [5.41, 5.74) is 3.57. The molecule has 8 nitrogen and oxygen atoms in total. The quantitative estimate of drug-likeness (QED) is 0.522. The third-order valence-electron chi connectivity index (χ3n) is 6.15. The van der Waals surface area contributed by atoms with Crippen LogP contribution < -0.4 is 4.74 Å². The van der Waals surface area contributed by atoms with E-state index >= 15 is 0 Å². The van der Waals surface area contributed by atoms with Crippen molar-refractivity contribution >= 4 is 29.1 Å². The Morgan fingerprint density at radius 2 is 2.15 bits per heavy atom. The summed E-state index contributed by atoms with van der Waals surface area (Å²) in [7, 11) is 1.62. The predicted octanol–water partition coefficient (Wildman–Crippen LogP) is 4.02. The zero-order valence-electron chi connectivity index (χ0n) is 18.3. The molecule has 1 aromatic carbocycles. The molecule has 1 amide bonds. The van der Waals surface area contributed by atoms with Crippen molar-refractivity contribution in [1.82, 2.24) is 24.6 Å². The topological polar surface area (TPSA) is 76.6 Å². The molecular formula is C23H23Cl2N5O3. The van der Waals surface area contributed by atoms with Crippen LogP contribution in [-0.2, 0) is 17.9 Å². The number of amides is 1. The van der Waals surface area contributed by atoms with Crippen LogP contribution in [0.15, 0.2) is 46.8 Å². The molecule has 1 unspecified atom stereocenters. The summed E-state index contributed by atoms with van der Waals surface area (Å²) in [6.45, 7) is 4.94. The molecular weight excluding hydrogens is 465 g/mol. The average molecular weight is 488 g/mol. The van der Waals surface area contributed by atoms with Crippen LogP contribution in [0.3, 0.4) is 0 Å². The molecule has 0 saturated carbocycles. The number of halogens is 2. The number of benzene rings is 1. The molecule has 2 aromatic heterocycles. The molecule has 0 bridgehead atoms. The normalized spacial score (nSPS) is 17.5. The van der Waals surface area contributed by atoms with Gasteiger partial charge in [-0.3, -0.25) is 9.48 Å². The van der Waals surface area contributed by atoms with Crippen molar-refractivity contribution in [3.8, 4) is 17.3 Å². The molecule has 1 fully saturated rings. The maximum atomic E-state index is 13.0. The van der Waals surface area contributed by atoms with E-state index in [0.717, 1.165) is 18.7 Å². The molecule has 0 radical (unpaired) electrons. The minimum absolute atomic E-state index is 0.0144. The minimum Gasteiger partial charge on any atom is -0.495 e. The van der Waals surface area contributed by atoms with Gasteiger partial charge in [0.15, 0.2) is 5.69 Å². The second-order valence-corrected chi connectivity index (χ2v) is 9.10. The van der Waals surface area contributed by atoms with E-state index in [-0.39, 0.29) is 12.5 Å². The van der Waals surface area contributed by atoms with Crippen LogP contribution in [0.25, 0.3) is 11.6 Å². The molecule has 3 aromatic rings. The Hall–Kier alpha value is -2.97. The number of hydrogen-bond acceptors (Lipinski definition) is 6. The van der Waals surface area contributed by atoms with Gasteiger partial charge < -0.3 is 19.0 Å². The van der Waals surface area contributed by atoms with Crippen LogP contribution in [-0.4, -0.2) is 57.2 Å². The van der Waals surface area contributed by atoms with Crippen LogP contribution >= 0.6 is 23.2 Å². The summed E-state index contributed by atoms with van der Waals surface area (Å²) in [6.07, 6.45) is 5.18. The number of aromatic nitrogens is 3. The monoisotopic (exact) mass is 487 g/mol. The van der Waals surface area contributed by atoms with Crippen LogP contribution in [0.1, 0.15) is 11.3 Å². The summed E-state index contributed by atoms with van der Waals surface area (Å²) in [6, 6.07) is 5.84. The van der Waals surface area contributed by atoms with Gasteiger partial charge in [0.2, 0.25) is 11.8 Å². The molecule has 0 spiro atoms. The number of oxazole rings is 1. The second kappa shape index (κ2) is 8.76. The van der Waals surface area contributed by atoms with Crippen LogP contribution in [0.2, 0.25) is 10.0 Å². The Morgan fingerprint density at radius 3 is 2.88 bits per heavy atom. The van der Waals surface area contributed by atoms with E-state index in [1.54, 1.807) is 11.8 Å². The van der Waals surface area contributed by atoms with E-state index in [1.807, 2.05) is 30.0 Å².